The van der Waals surface area contributed by atoms with Gasteiger partial charge in [0.05, 0.1) is 17.9 Å². The van der Waals surface area contributed by atoms with Gasteiger partial charge in [-0.05, 0) is 50.6 Å². The lowest BCUT2D eigenvalue weighted by Crippen LogP contribution is -2.38. The number of nitrogens with zero attached hydrogens (tertiary/aromatic N) is 1. The van der Waals surface area contributed by atoms with Gasteiger partial charge in [-0.25, -0.2) is 4.39 Å². The van der Waals surface area contributed by atoms with Crippen molar-refractivity contribution >= 4 is 27.6 Å². The number of carbonyl (C=O) groups is 1. The number of rotatable bonds is 8. The Morgan fingerprint density at radius 3 is 2.50 bits per heavy atom. The summed E-state index contributed by atoms with van der Waals surface area (Å²) in [4.78, 5) is 14.5. The van der Waals surface area contributed by atoms with Gasteiger partial charge in [-0.2, -0.15) is 8.42 Å². The first-order valence-corrected chi connectivity index (χ1v) is 10.9. The van der Waals surface area contributed by atoms with E-state index in [0.717, 1.165) is 0 Å². The molecule has 2 aromatic carbocycles. The van der Waals surface area contributed by atoms with E-state index < -0.39 is 21.8 Å². The van der Waals surface area contributed by atoms with Gasteiger partial charge in [0.25, 0.3) is 5.91 Å². The van der Waals surface area contributed by atoms with Gasteiger partial charge >= 0.3 is 10.1 Å². The van der Waals surface area contributed by atoms with Crippen molar-refractivity contribution in [1.82, 2.24) is 4.90 Å². The summed E-state index contributed by atoms with van der Waals surface area (Å²) >= 11 is 6.07. The lowest BCUT2D eigenvalue weighted by molar-refractivity contribution is 0.0666. The molecule has 0 saturated heterocycles. The summed E-state index contributed by atoms with van der Waals surface area (Å²) in [6, 6.07) is 10.0. The molecule has 0 radical (unpaired) electrons. The SMILES string of the molecule is CC[C@H](C)N(Cc1cc(Cl)ccc1OS(=O)(=O)CC)C(=O)c1ccccc1F. The average Bonchev–Trinajstić information content (AvgIpc) is 2.67. The number of amides is 1. The van der Waals surface area contributed by atoms with Gasteiger partial charge in [0.2, 0.25) is 0 Å². The molecular weight excluding hydrogens is 405 g/mol. The van der Waals surface area contributed by atoms with Crippen LogP contribution in [0.3, 0.4) is 0 Å². The highest BCUT2D eigenvalue weighted by atomic mass is 35.5. The van der Waals surface area contributed by atoms with Crippen molar-refractivity contribution in [1.29, 1.82) is 0 Å². The van der Waals surface area contributed by atoms with Crippen LogP contribution in [0, 0.1) is 5.82 Å². The number of halogens is 2. The minimum absolute atomic E-state index is 0.0251. The molecule has 152 valence electrons. The van der Waals surface area contributed by atoms with Crippen molar-refractivity contribution in [2.45, 2.75) is 39.8 Å². The van der Waals surface area contributed by atoms with Crippen molar-refractivity contribution in [3.63, 3.8) is 0 Å². The highest BCUT2D eigenvalue weighted by Gasteiger charge is 2.25. The Hall–Kier alpha value is -2.12. The second-order valence-corrected chi connectivity index (χ2v) is 8.65. The van der Waals surface area contributed by atoms with Crippen LogP contribution in [0.25, 0.3) is 0 Å². The molecule has 0 spiro atoms. The molecule has 0 aromatic heterocycles. The Morgan fingerprint density at radius 2 is 1.89 bits per heavy atom. The number of benzene rings is 2. The molecule has 0 bridgehead atoms. The largest absolute Gasteiger partial charge is 0.382 e. The third kappa shape index (κ3) is 5.45. The second-order valence-electron chi connectivity index (χ2n) is 6.35. The van der Waals surface area contributed by atoms with Crippen LogP contribution in [0.2, 0.25) is 5.02 Å². The van der Waals surface area contributed by atoms with Gasteiger partial charge < -0.3 is 9.08 Å². The first-order valence-electron chi connectivity index (χ1n) is 8.94. The van der Waals surface area contributed by atoms with E-state index in [2.05, 4.69) is 0 Å². The molecule has 0 saturated carbocycles. The van der Waals surface area contributed by atoms with Gasteiger partial charge in [-0.1, -0.05) is 30.7 Å². The van der Waals surface area contributed by atoms with E-state index in [1.165, 1.54) is 42.2 Å². The summed E-state index contributed by atoms with van der Waals surface area (Å²) in [6.07, 6.45) is 0.629. The normalized spacial score (nSPS) is 12.5. The van der Waals surface area contributed by atoms with E-state index in [1.807, 2.05) is 13.8 Å². The molecule has 0 aliphatic carbocycles. The van der Waals surface area contributed by atoms with Gasteiger partial charge in [0.1, 0.15) is 11.6 Å². The zero-order valence-electron chi connectivity index (χ0n) is 16.0. The predicted molar refractivity (Wildman–Crippen MR) is 108 cm³/mol. The summed E-state index contributed by atoms with van der Waals surface area (Å²) in [7, 11) is -3.76. The average molecular weight is 428 g/mol. The van der Waals surface area contributed by atoms with Crippen LogP contribution < -0.4 is 4.18 Å². The summed E-state index contributed by atoms with van der Waals surface area (Å²) in [5, 5.41) is 0.374. The molecular formula is C20H23ClFNO4S. The highest BCUT2D eigenvalue weighted by Crippen LogP contribution is 2.28. The van der Waals surface area contributed by atoms with Crippen molar-refractivity contribution in [3.8, 4) is 5.75 Å². The fourth-order valence-corrected chi connectivity index (χ4v) is 3.32. The molecule has 2 aromatic rings. The van der Waals surface area contributed by atoms with Crippen LogP contribution in [-0.2, 0) is 16.7 Å². The first-order chi connectivity index (χ1) is 13.2. The molecule has 0 fully saturated rings. The Kier molecular flexibility index (Phi) is 7.43. The lowest BCUT2D eigenvalue weighted by atomic mass is 10.1. The topological polar surface area (TPSA) is 63.7 Å². The summed E-state index contributed by atoms with van der Waals surface area (Å²) in [5.74, 6) is -1.20. The number of hydrogen-bond acceptors (Lipinski definition) is 4. The van der Waals surface area contributed by atoms with Gasteiger partial charge in [0.15, 0.2) is 0 Å². The fraction of sp³-hybridized carbons (Fsp3) is 0.350. The molecule has 1 amide bonds. The van der Waals surface area contributed by atoms with Crippen molar-refractivity contribution < 1.29 is 21.8 Å². The Morgan fingerprint density at radius 1 is 1.21 bits per heavy atom. The predicted octanol–water partition coefficient (Wildman–Crippen LogP) is 4.65. The van der Waals surface area contributed by atoms with E-state index in [9.17, 15) is 17.6 Å². The monoisotopic (exact) mass is 427 g/mol. The minimum atomic E-state index is -3.76. The van der Waals surface area contributed by atoms with Crippen LogP contribution >= 0.6 is 11.6 Å². The van der Waals surface area contributed by atoms with E-state index in [4.69, 9.17) is 15.8 Å². The van der Waals surface area contributed by atoms with E-state index in [1.54, 1.807) is 12.1 Å². The zero-order valence-corrected chi connectivity index (χ0v) is 17.6. The van der Waals surface area contributed by atoms with Gasteiger partial charge in [-0.3, -0.25) is 4.79 Å². The van der Waals surface area contributed by atoms with Crippen molar-refractivity contribution in [2.24, 2.45) is 0 Å². The van der Waals surface area contributed by atoms with Crippen LogP contribution in [0.5, 0.6) is 5.75 Å². The lowest BCUT2D eigenvalue weighted by Gasteiger charge is -2.29. The second kappa shape index (κ2) is 9.39. The molecule has 0 aliphatic rings. The number of hydrogen-bond donors (Lipinski definition) is 0. The third-order valence-corrected chi connectivity index (χ3v) is 5.80. The molecule has 28 heavy (non-hydrogen) atoms. The molecule has 8 heteroatoms. The zero-order chi connectivity index (χ0) is 20.9. The van der Waals surface area contributed by atoms with Crippen LogP contribution in [-0.4, -0.2) is 31.0 Å². The number of carbonyl (C=O) groups excluding carboxylic acids is 1. The summed E-state index contributed by atoms with van der Waals surface area (Å²) in [6.45, 7) is 5.24. The summed E-state index contributed by atoms with van der Waals surface area (Å²) < 4.78 is 43.1. The minimum Gasteiger partial charge on any atom is -0.382 e. The Bertz CT molecular complexity index is 949. The van der Waals surface area contributed by atoms with E-state index >= 15 is 0 Å². The molecule has 0 heterocycles. The maximum Gasteiger partial charge on any atom is 0.308 e. The molecule has 1 atom stereocenters. The highest BCUT2D eigenvalue weighted by molar-refractivity contribution is 7.87. The molecule has 0 aliphatic heterocycles. The van der Waals surface area contributed by atoms with Crippen LogP contribution in [0.1, 0.15) is 43.1 Å². The van der Waals surface area contributed by atoms with Gasteiger partial charge in [-0.15, -0.1) is 0 Å². The molecule has 0 N–H and O–H groups in total. The quantitative estimate of drug-likeness (QED) is 0.575. The molecule has 5 nitrogen and oxygen atoms in total. The maximum absolute atomic E-state index is 14.1. The Balaban J connectivity index is 2.44. The van der Waals surface area contributed by atoms with E-state index in [0.29, 0.717) is 17.0 Å². The standard InChI is InChI=1S/C20H23ClFNO4S/c1-4-14(3)23(20(24)17-8-6-7-9-18(17)22)13-15-12-16(21)10-11-19(15)27-28(25,26)5-2/h6-12,14H,4-5,13H2,1-3H3/t14-/m0/s1. The fourth-order valence-electron chi connectivity index (χ4n) is 2.57. The van der Waals surface area contributed by atoms with Crippen molar-refractivity contribution in [3.05, 3.63) is 64.4 Å². The maximum atomic E-state index is 14.1. The Labute approximate surface area is 170 Å². The summed E-state index contributed by atoms with van der Waals surface area (Å²) in [5.41, 5.74) is 0.378. The molecule has 2 rings (SSSR count). The van der Waals surface area contributed by atoms with Gasteiger partial charge in [0, 0.05) is 16.6 Å². The van der Waals surface area contributed by atoms with Crippen molar-refractivity contribution in [2.75, 3.05) is 5.75 Å². The third-order valence-electron chi connectivity index (χ3n) is 4.42. The first kappa shape index (κ1) is 22.2. The molecule has 0 unspecified atom stereocenters. The van der Waals surface area contributed by atoms with Crippen LogP contribution in [0.15, 0.2) is 42.5 Å². The smallest absolute Gasteiger partial charge is 0.308 e. The van der Waals surface area contributed by atoms with Crippen LogP contribution in [0.4, 0.5) is 4.39 Å². The van der Waals surface area contributed by atoms with E-state index in [-0.39, 0.29) is 29.7 Å².